The SMILES string of the molecule is CC.CC1CCn2ccnc2C1. The van der Waals surface area contributed by atoms with Crippen molar-refractivity contribution in [3.05, 3.63) is 18.2 Å². The van der Waals surface area contributed by atoms with Gasteiger partial charge in [-0.15, -0.1) is 0 Å². The molecule has 1 aliphatic rings. The van der Waals surface area contributed by atoms with Gasteiger partial charge in [-0.05, 0) is 12.3 Å². The highest BCUT2D eigenvalue weighted by Gasteiger charge is 2.13. The molecule has 0 spiro atoms. The summed E-state index contributed by atoms with van der Waals surface area (Å²) in [4.78, 5) is 4.27. The highest BCUT2D eigenvalue weighted by atomic mass is 15.1. The lowest BCUT2D eigenvalue weighted by Gasteiger charge is -2.19. The molecule has 2 heteroatoms. The van der Waals surface area contributed by atoms with Crippen LogP contribution in [0.5, 0.6) is 0 Å². The Labute approximate surface area is 74.6 Å². The van der Waals surface area contributed by atoms with Gasteiger partial charge < -0.3 is 4.57 Å². The molecule has 0 radical (unpaired) electrons. The maximum absolute atomic E-state index is 4.27. The molecule has 2 nitrogen and oxygen atoms in total. The quantitative estimate of drug-likeness (QED) is 0.579. The van der Waals surface area contributed by atoms with Crippen molar-refractivity contribution < 1.29 is 0 Å². The second-order valence-corrected chi connectivity index (χ2v) is 3.13. The van der Waals surface area contributed by atoms with E-state index in [1.54, 1.807) is 0 Å². The van der Waals surface area contributed by atoms with Gasteiger partial charge in [0.2, 0.25) is 0 Å². The largest absolute Gasteiger partial charge is 0.335 e. The summed E-state index contributed by atoms with van der Waals surface area (Å²) in [6, 6.07) is 0. The molecule has 1 aromatic rings. The number of fused-ring (bicyclic) bond motifs is 1. The third-order valence-corrected chi connectivity index (χ3v) is 2.20. The Kier molecular flexibility index (Phi) is 3.32. The van der Waals surface area contributed by atoms with E-state index in [0.29, 0.717) is 0 Å². The average molecular weight is 166 g/mol. The van der Waals surface area contributed by atoms with Crippen LogP contribution < -0.4 is 0 Å². The second-order valence-electron chi connectivity index (χ2n) is 3.13. The molecule has 0 bridgehead atoms. The predicted molar refractivity (Wildman–Crippen MR) is 51.1 cm³/mol. The zero-order valence-corrected chi connectivity index (χ0v) is 8.25. The van der Waals surface area contributed by atoms with Crippen molar-refractivity contribution in [1.29, 1.82) is 0 Å². The fourth-order valence-electron chi connectivity index (χ4n) is 1.51. The molecule has 0 saturated heterocycles. The van der Waals surface area contributed by atoms with Gasteiger partial charge in [0.1, 0.15) is 5.82 Å². The van der Waals surface area contributed by atoms with E-state index < -0.39 is 0 Å². The molecule has 1 unspecified atom stereocenters. The van der Waals surface area contributed by atoms with Crippen molar-refractivity contribution in [3.63, 3.8) is 0 Å². The van der Waals surface area contributed by atoms with Gasteiger partial charge in [-0.3, -0.25) is 0 Å². The van der Waals surface area contributed by atoms with Gasteiger partial charge in [-0.1, -0.05) is 20.8 Å². The third kappa shape index (κ3) is 1.87. The lowest BCUT2D eigenvalue weighted by atomic mass is 10.0. The molecule has 0 saturated carbocycles. The minimum atomic E-state index is 0.829. The Morgan fingerprint density at radius 1 is 1.50 bits per heavy atom. The molecule has 0 aromatic carbocycles. The Morgan fingerprint density at radius 2 is 2.25 bits per heavy atom. The third-order valence-electron chi connectivity index (χ3n) is 2.20. The van der Waals surface area contributed by atoms with Crippen LogP contribution >= 0.6 is 0 Å². The first-order valence-corrected chi connectivity index (χ1v) is 4.86. The van der Waals surface area contributed by atoms with Crippen LogP contribution in [-0.4, -0.2) is 9.55 Å². The molecule has 2 rings (SSSR count). The summed E-state index contributed by atoms with van der Waals surface area (Å²) in [6.07, 6.45) is 6.44. The summed E-state index contributed by atoms with van der Waals surface area (Å²) in [5.74, 6) is 2.09. The number of aromatic nitrogens is 2. The van der Waals surface area contributed by atoms with E-state index in [4.69, 9.17) is 0 Å². The summed E-state index contributed by atoms with van der Waals surface area (Å²) >= 11 is 0. The molecule has 1 aromatic heterocycles. The first kappa shape index (κ1) is 9.30. The van der Waals surface area contributed by atoms with Crippen LogP contribution in [0, 0.1) is 5.92 Å². The number of imidazole rings is 1. The van der Waals surface area contributed by atoms with E-state index in [9.17, 15) is 0 Å². The van der Waals surface area contributed by atoms with E-state index in [1.807, 2.05) is 20.0 Å². The first-order valence-electron chi connectivity index (χ1n) is 4.86. The molecule has 0 fully saturated rings. The first-order chi connectivity index (χ1) is 5.86. The minimum absolute atomic E-state index is 0.829. The monoisotopic (exact) mass is 166 g/mol. The van der Waals surface area contributed by atoms with Crippen molar-refractivity contribution in [2.45, 2.75) is 40.2 Å². The number of hydrogen-bond donors (Lipinski definition) is 0. The van der Waals surface area contributed by atoms with Crippen LogP contribution in [0.25, 0.3) is 0 Å². The lowest BCUT2D eigenvalue weighted by molar-refractivity contribution is 0.409. The van der Waals surface area contributed by atoms with Gasteiger partial charge in [-0.25, -0.2) is 4.98 Å². The van der Waals surface area contributed by atoms with Crippen molar-refractivity contribution in [2.24, 2.45) is 5.92 Å². The van der Waals surface area contributed by atoms with Crippen LogP contribution in [-0.2, 0) is 13.0 Å². The molecule has 1 atom stereocenters. The van der Waals surface area contributed by atoms with Crippen LogP contribution in [0.15, 0.2) is 12.4 Å². The van der Waals surface area contributed by atoms with Crippen molar-refractivity contribution in [1.82, 2.24) is 9.55 Å². The highest BCUT2D eigenvalue weighted by Crippen LogP contribution is 2.17. The summed E-state index contributed by atoms with van der Waals surface area (Å²) in [5, 5.41) is 0. The van der Waals surface area contributed by atoms with Gasteiger partial charge in [0, 0.05) is 25.4 Å². The summed E-state index contributed by atoms with van der Waals surface area (Å²) in [7, 11) is 0. The standard InChI is InChI=1S/C8H12N2.C2H6/c1-7-2-4-10-5-3-9-8(10)6-7;1-2/h3,5,7H,2,4,6H2,1H3;1-2H3. The average Bonchev–Trinajstić information content (AvgIpc) is 2.54. The topological polar surface area (TPSA) is 17.8 Å². The molecule has 2 heterocycles. The van der Waals surface area contributed by atoms with Crippen LogP contribution in [0.4, 0.5) is 0 Å². The van der Waals surface area contributed by atoms with E-state index in [-0.39, 0.29) is 0 Å². The molecular weight excluding hydrogens is 148 g/mol. The van der Waals surface area contributed by atoms with E-state index in [1.165, 1.54) is 12.2 Å². The Bertz CT molecular complexity index is 227. The van der Waals surface area contributed by atoms with Gasteiger partial charge in [-0.2, -0.15) is 0 Å². The summed E-state index contributed by atoms with van der Waals surface area (Å²) in [6.45, 7) is 7.45. The van der Waals surface area contributed by atoms with Crippen LogP contribution in [0.1, 0.15) is 33.0 Å². The Hall–Kier alpha value is -0.790. The smallest absolute Gasteiger partial charge is 0.108 e. The molecular formula is C10H18N2. The molecule has 12 heavy (non-hydrogen) atoms. The number of nitrogens with zero attached hydrogens (tertiary/aromatic N) is 2. The highest BCUT2D eigenvalue weighted by molar-refractivity contribution is 4.96. The van der Waals surface area contributed by atoms with Gasteiger partial charge >= 0.3 is 0 Å². The summed E-state index contributed by atoms with van der Waals surface area (Å²) in [5.41, 5.74) is 0. The van der Waals surface area contributed by atoms with Gasteiger partial charge in [0.25, 0.3) is 0 Å². The maximum Gasteiger partial charge on any atom is 0.108 e. The molecule has 0 N–H and O–H groups in total. The normalized spacial score (nSPS) is 20.8. The van der Waals surface area contributed by atoms with E-state index in [0.717, 1.165) is 18.9 Å². The predicted octanol–water partition coefficient (Wildman–Crippen LogP) is 2.49. The lowest BCUT2D eigenvalue weighted by Crippen LogP contribution is -2.16. The molecule has 0 aliphatic carbocycles. The van der Waals surface area contributed by atoms with Crippen molar-refractivity contribution in [3.8, 4) is 0 Å². The fraction of sp³-hybridized carbons (Fsp3) is 0.700. The zero-order valence-electron chi connectivity index (χ0n) is 8.25. The van der Waals surface area contributed by atoms with Gasteiger partial charge in [0.05, 0.1) is 0 Å². The Morgan fingerprint density at radius 3 is 3.00 bits per heavy atom. The number of hydrogen-bond acceptors (Lipinski definition) is 1. The molecule has 0 amide bonds. The second kappa shape index (κ2) is 4.29. The Balaban J connectivity index is 0.000000336. The minimum Gasteiger partial charge on any atom is -0.335 e. The van der Waals surface area contributed by atoms with E-state index in [2.05, 4.69) is 22.7 Å². The van der Waals surface area contributed by atoms with Gasteiger partial charge in [0.15, 0.2) is 0 Å². The maximum atomic E-state index is 4.27. The van der Waals surface area contributed by atoms with E-state index >= 15 is 0 Å². The van der Waals surface area contributed by atoms with Crippen molar-refractivity contribution >= 4 is 0 Å². The summed E-state index contributed by atoms with van der Waals surface area (Å²) < 4.78 is 2.25. The molecule has 1 aliphatic heterocycles. The molecule has 68 valence electrons. The fourth-order valence-corrected chi connectivity index (χ4v) is 1.51. The number of aryl methyl sites for hydroxylation is 1. The van der Waals surface area contributed by atoms with Crippen LogP contribution in [0.3, 0.4) is 0 Å². The zero-order chi connectivity index (χ0) is 8.97. The van der Waals surface area contributed by atoms with Crippen LogP contribution in [0.2, 0.25) is 0 Å². The number of rotatable bonds is 0. The van der Waals surface area contributed by atoms with Crippen molar-refractivity contribution in [2.75, 3.05) is 0 Å².